The lowest BCUT2D eigenvalue weighted by Gasteiger charge is -2.31. The van der Waals surface area contributed by atoms with Gasteiger partial charge in [-0.2, -0.15) is 5.10 Å². The second-order valence-corrected chi connectivity index (χ2v) is 6.49. The summed E-state index contributed by atoms with van der Waals surface area (Å²) in [5, 5.41) is 16.5. The molecule has 8 heteroatoms. The Bertz CT molecular complexity index is 749. The fourth-order valence-corrected chi connectivity index (χ4v) is 2.96. The fraction of sp³-hybridized carbons (Fsp3) is 0.471. The van der Waals surface area contributed by atoms with Crippen molar-refractivity contribution in [3.8, 4) is 0 Å². The van der Waals surface area contributed by atoms with E-state index in [1.807, 2.05) is 25.1 Å². The van der Waals surface area contributed by atoms with E-state index < -0.39 is 0 Å². The van der Waals surface area contributed by atoms with Gasteiger partial charge in [0.15, 0.2) is 5.82 Å². The number of nitrogens with one attached hydrogen (secondary N) is 1. The maximum atomic E-state index is 12.5. The zero-order valence-corrected chi connectivity index (χ0v) is 14.8. The Labute approximate surface area is 151 Å². The van der Waals surface area contributed by atoms with Gasteiger partial charge in [0.2, 0.25) is 5.91 Å². The first-order valence-electron chi connectivity index (χ1n) is 8.23. The van der Waals surface area contributed by atoms with Crippen molar-refractivity contribution in [2.75, 3.05) is 19.7 Å². The van der Waals surface area contributed by atoms with E-state index in [2.05, 4.69) is 15.2 Å². The fourth-order valence-electron chi connectivity index (χ4n) is 2.76. The van der Waals surface area contributed by atoms with Crippen LogP contribution in [0.3, 0.4) is 0 Å². The van der Waals surface area contributed by atoms with E-state index in [1.165, 1.54) is 0 Å². The summed E-state index contributed by atoms with van der Waals surface area (Å²) < 4.78 is 5.66. The molecule has 2 heterocycles. The van der Waals surface area contributed by atoms with Gasteiger partial charge in [-0.15, -0.1) is 0 Å². The van der Waals surface area contributed by atoms with Crippen LogP contribution in [0.15, 0.2) is 18.2 Å². The summed E-state index contributed by atoms with van der Waals surface area (Å²) in [6, 6.07) is 5.88. The number of hydrogen-bond acceptors (Lipinski definition) is 5. The normalized spacial score (nSPS) is 17.7. The molecule has 1 aromatic carbocycles. The summed E-state index contributed by atoms with van der Waals surface area (Å²) in [6.07, 6.45) is 0.695. The molecule has 25 heavy (non-hydrogen) atoms. The second kappa shape index (κ2) is 7.95. The zero-order valence-electron chi connectivity index (χ0n) is 14.0. The number of aliphatic hydroxyl groups is 1. The number of carbonyl (C=O) groups excluding carboxylic acids is 1. The number of carbonyl (C=O) groups is 1. The molecule has 1 amide bonds. The summed E-state index contributed by atoms with van der Waals surface area (Å²) >= 11 is 6.13. The van der Waals surface area contributed by atoms with E-state index in [1.54, 1.807) is 4.90 Å². The van der Waals surface area contributed by atoms with E-state index in [4.69, 9.17) is 21.4 Å². The van der Waals surface area contributed by atoms with Gasteiger partial charge in [0.25, 0.3) is 0 Å². The molecule has 2 N–H and O–H groups in total. The molecule has 2 aromatic rings. The van der Waals surface area contributed by atoms with Crippen LogP contribution < -0.4 is 0 Å². The van der Waals surface area contributed by atoms with Crippen molar-refractivity contribution in [1.29, 1.82) is 0 Å². The largest absolute Gasteiger partial charge is 0.388 e. The third-order valence-electron chi connectivity index (χ3n) is 4.27. The Kier molecular flexibility index (Phi) is 5.67. The lowest BCUT2D eigenvalue weighted by atomic mass is 10.1. The molecule has 1 saturated heterocycles. The maximum Gasteiger partial charge on any atom is 0.223 e. The maximum absolute atomic E-state index is 12.5. The minimum atomic E-state index is -0.372. The van der Waals surface area contributed by atoms with Gasteiger partial charge in [0, 0.05) is 18.0 Å². The highest BCUT2D eigenvalue weighted by Gasteiger charge is 2.27. The van der Waals surface area contributed by atoms with E-state index >= 15 is 0 Å². The number of nitrogens with zero attached hydrogens (tertiary/aromatic N) is 3. The first kappa shape index (κ1) is 17.8. The Morgan fingerprint density at radius 1 is 1.52 bits per heavy atom. The van der Waals surface area contributed by atoms with Crippen LogP contribution in [0.25, 0.3) is 0 Å². The zero-order chi connectivity index (χ0) is 17.8. The molecule has 0 bridgehead atoms. The molecule has 1 fully saturated rings. The molecule has 3 rings (SSSR count). The van der Waals surface area contributed by atoms with Crippen LogP contribution in [0, 0.1) is 6.92 Å². The lowest BCUT2D eigenvalue weighted by molar-refractivity contribution is -0.139. The number of aromatic amines is 1. The monoisotopic (exact) mass is 364 g/mol. The summed E-state index contributed by atoms with van der Waals surface area (Å²) in [5.41, 5.74) is 2.08. The van der Waals surface area contributed by atoms with Crippen LogP contribution in [-0.4, -0.2) is 50.8 Å². The number of H-pyrrole nitrogens is 1. The van der Waals surface area contributed by atoms with Crippen LogP contribution in [0.2, 0.25) is 5.02 Å². The predicted molar refractivity (Wildman–Crippen MR) is 92.1 cm³/mol. The smallest absolute Gasteiger partial charge is 0.223 e. The van der Waals surface area contributed by atoms with E-state index in [-0.39, 0.29) is 18.6 Å². The minimum absolute atomic E-state index is 0.0721. The van der Waals surface area contributed by atoms with Crippen LogP contribution in [0.4, 0.5) is 0 Å². The summed E-state index contributed by atoms with van der Waals surface area (Å²) in [5.74, 6) is 0.924. The number of amides is 1. The average Bonchev–Trinajstić information content (AvgIpc) is 3.12. The molecule has 7 nitrogen and oxygen atoms in total. The third kappa shape index (κ3) is 4.36. The SMILES string of the molecule is Cc1ccc(CCC(=O)N2CCOC(c3n[nH]c(CO)n3)C2)cc1Cl. The first-order valence-corrected chi connectivity index (χ1v) is 8.61. The van der Waals surface area contributed by atoms with Crippen molar-refractivity contribution in [1.82, 2.24) is 20.1 Å². The van der Waals surface area contributed by atoms with E-state index in [0.29, 0.717) is 44.2 Å². The van der Waals surface area contributed by atoms with Crippen molar-refractivity contribution >= 4 is 17.5 Å². The highest BCUT2D eigenvalue weighted by molar-refractivity contribution is 6.31. The van der Waals surface area contributed by atoms with Gasteiger partial charge in [-0.3, -0.25) is 9.89 Å². The molecule has 0 aliphatic carbocycles. The summed E-state index contributed by atoms with van der Waals surface area (Å²) in [6.45, 7) is 3.16. The third-order valence-corrected chi connectivity index (χ3v) is 4.68. The van der Waals surface area contributed by atoms with Crippen molar-refractivity contribution in [2.45, 2.75) is 32.5 Å². The molecule has 0 radical (unpaired) electrons. The molecule has 1 unspecified atom stereocenters. The molecule has 0 spiro atoms. The number of hydrogen-bond donors (Lipinski definition) is 2. The Hall–Kier alpha value is -1.96. The minimum Gasteiger partial charge on any atom is -0.388 e. The van der Waals surface area contributed by atoms with E-state index in [9.17, 15) is 4.79 Å². The Balaban J connectivity index is 1.57. The number of halogens is 1. The lowest BCUT2D eigenvalue weighted by Crippen LogP contribution is -2.42. The topological polar surface area (TPSA) is 91.3 Å². The molecule has 1 atom stereocenters. The van der Waals surface area contributed by atoms with Crippen LogP contribution in [0.5, 0.6) is 0 Å². The van der Waals surface area contributed by atoms with Gasteiger partial charge < -0.3 is 14.7 Å². The quantitative estimate of drug-likeness (QED) is 0.844. The number of aliphatic hydroxyl groups excluding tert-OH is 1. The number of ether oxygens (including phenoxy) is 1. The standard InChI is InChI=1S/C17H21ClN4O3/c1-11-2-3-12(8-13(11)18)4-5-16(24)22-6-7-25-14(9-22)17-19-15(10-23)20-21-17/h2-3,8,14,23H,4-7,9-10H2,1H3,(H,19,20,21). The van der Waals surface area contributed by atoms with Crippen molar-refractivity contribution < 1.29 is 14.6 Å². The van der Waals surface area contributed by atoms with Crippen molar-refractivity contribution in [3.63, 3.8) is 0 Å². The highest BCUT2D eigenvalue weighted by atomic mass is 35.5. The first-order chi connectivity index (χ1) is 12.1. The molecular formula is C17H21ClN4O3. The molecule has 134 valence electrons. The number of aromatic nitrogens is 3. The van der Waals surface area contributed by atoms with Crippen molar-refractivity contribution in [3.05, 3.63) is 46.0 Å². The summed E-state index contributed by atoms with van der Waals surface area (Å²) in [4.78, 5) is 18.5. The van der Waals surface area contributed by atoms with Gasteiger partial charge >= 0.3 is 0 Å². The van der Waals surface area contributed by atoms with Gasteiger partial charge in [-0.1, -0.05) is 23.7 Å². The van der Waals surface area contributed by atoms with Gasteiger partial charge in [-0.25, -0.2) is 4.98 Å². The van der Waals surface area contributed by atoms with Crippen molar-refractivity contribution in [2.24, 2.45) is 0 Å². The number of morpholine rings is 1. The molecular weight excluding hydrogens is 344 g/mol. The number of rotatable bonds is 5. The Morgan fingerprint density at radius 3 is 3.08 bits per heavy atom. The number of benzene rings is 1. The van der Waals surface area contributed by atoms with Gasteiger partial charge in [-0.05, 0) is 30.5 Å². The predicted octanol–water partition coefficient (Wildman–Crippen LogP) is 1.79. The van der Waals surface area contributed by atoms with Crippen LogP contribution in [-0.2, 0) is 22.6 Å². The average molecular weight is 365 g/mol. The molecule has 1 aliphatic heterocycles. The van der Waals surface area contributed by atoms with E-state index in [0.717, 1.165) is 16.1 Å². The summed E-state index contributed by atoms with van der Waals surface area (Å²) in [7, 11) is 0. The molecule has 0 saturated carbocycles. The van der Waals surface area contributed by atoms with Crippen LogP contribution >= 0.6 is 11.6 Å². The van der Waals surface area contributed by atoms with Crippen LogP contribution in [0.1, 0.15) is 35.3 Å². The van der Waals surface area contributed by atoms with Gasteiger partial charge in [0.05, 0.1) is 13.2 Å². The van der Waals surface area contributed by atoms with Gasteiger partial charge in [0.1, 0.15) is 18.5 Å². The Morgan fingerprint density at radius 2 is 2.36 bits per heavy atom. The molecule has 1 aliphatic rings. The highest BCUT2D eigenvalue weighted by Crippen LogP contribution is 2.21. The number of aryl methyl sites for hydroxylation is 2. The second-order valence-electron chi connectivity index (χ2n) is 6.08. The molecule has 1 aromatic heterocycles.